The lowest BCUT2D eigenvalue weighted by atomic mass is 10.1. The molecule has 6 nitrogen and oxygen atoms in total. The number of benzene rings is 2. The lowest BCUT2D eigenvalue weighted by Crippen LogP contribution is -2.42. The van der Waals surface area contributed by atoms with Crippen LogP contribution in [0, 0.1) is 0 Å². The molecule has 1 aliphatic rings. The van der Waals surface area contributed by atoms with Crippen LogP contribution < -0.4 is 9.47 Å². The standard InChI is InChI=1S/C24H23ClF3N3O3/c1-2-33-20-8-3-4-9-21(20)34-18-10-12-30(13-11-18)23(32)19-15-29-31(22(19)24(26,27)28)17-7-5-6-16(25)14-17/h3-9,14-15,18H,2,10-13H2,1H3. The summed E-state index contributed by atoms with van der Waals surface area (Å²) in [5.74, 6) is 0.525. The largest absolute Gasteiger partial charge is 0.490 e. The first kappa shape index (κ1) is 23.9. The Labute approximate surface area is 199 Å². The highest BCUT2D eigenvalue weighted by Crippen LogP contribution is 2.35. The van der Waals surface area contributed by atoms with Gasteiger partial charge in [0.25, 0.3) is 5.91 Å². The Morgan fingerprint density at radius 2 is 1.82 bits per heavy atom. The smallest absolute Gasteiger partial charge is 0.434 e. The minimum atomic E-state index is -4.78. The number of likely N-dealkylation sites (tertiary alicyclic amines) is 1. The molecule has 2 aromatic carbocycles. The fraction of sp³-hybridized carbons (Fsp3) is 0.333. The van der Waals surface area contributed by atoms with Crippen LogP contribution in [0.3, 0.4) is 0 Å². The van der Waals surface area contributed by atoms with Gasteiger partial charge in [0.2, 0.25) is 0 Å². The molecule has 1 aromatic heterocycles. The Kier molecular flexibility index (Phi) is 7.02. The van der Waals surface area contributed by atoms with Crippen molar-refractivity contribution in [3.05, 3.63) is 71.0 Å². The van der Waals surface area contributed by atoms with E-state index in [9.17, 15) is 18.0 Å². The summed E-state index contributed by atoms with van der Waals surface area (Å²) in [5, 5.41) is 4.13. The predicted octanol–water partition coefficient (Wildman–Crippen LogP) is 5.63. The summed E-state index contributed by atoms with van der Waals surface area (Å²) in [7, 11) is 0. The van der Waals surface area contributed by atoms with Crippen LogP contribution in [0.15, 0.2) is 54.7 Å². The third-order valence-electron chi connectivity index (χ3n) is 5.49. The molecule has 0 spiro atoms. The van der Waals surface area contributed by atoms with Crippen molar-refractivity contribution in [1.29, 1.82) is 0 Å². The molecular weight excluding hydrogens is 471 g/mol. The molecule has 1 amide bonds. The second-order valence-electron chi connectivity index (χ2n) is 7.79. The van der Waals surface area contributed by atoms with E-state index in [4.69, 9.17) is 21.1 Å². The van der Waals surface area contributed by atoms with Crippen LogP contribution in [0.1, 0.15) is 35.8 Å². The molecule has 0 aliphatic carbocycles. The number of nitrogens with zero attached hydrogens (tertiary/aromatic N) is 3. The van der Waals surface area contributed by atoms with Crippen molar-refractivity contribution in [2.45, 2.75) is 32.0 Å². The van der Waals surface area contributed by atoms with Crippen molar-refractivity contribution in [2.24, 2.45) is 0 Å². The van der Waals surface area contributed by atoms with Gasteiger partial charge in [-0.1, -0.05) is 29.8 Å². The highest BCUT2D eigenvalue weighted by molar-refractivity contribution is 6.30. The number of para-hydroxylation sites is 2. The van der Waals surface area contributed by atoms with Gasteiger partial charge in [-0.2, -0.15) is 18.3 Å². The molecule has 1 aliphatic heterocycles. The topological polar surface area (TPSA) is 56.6 Å². The molecular formula is C24H23ClF3N3O3. The van der Waals surface area contributed by atoms with Crippen LogP contribution in [0.2, 0.25) is 5.02 Å². The Balaban J connectivity index is 1.49. The first-order chi connectivity index (χ1) is 16.3. The average molecular weight is 494 g/mol. The number of piperidine rings is 1. The van der Waals surface area contributed by atoms with Crippen LogP contribution in [0.5, 0.6) is 11.5 Å². The van der Waals surface area contributed by atoms with Crippen molar-refractivity contribution in [2.75, 3.05) is 19.7 Å². The summed E-state index contributed by atoms with van der Waals surface area (Å²) in [5.41, 5.74) is -1.49. The van der Waals surface area contributed by atoms with Crippen LogP contribution in [-0.4, -0.2) is 46.4 Å². The minimum Gasteiger partial charge on any atom is -0.490 e. The number of hydrogen-bond donors (Lipinski definition) is 0. The summed E-state index contributed by atoms with van der Waals surface area (Å²) in [6.07, 6.45) is -3.03. The Hall–Kier alpha value is -3.20. The van der Waals surface area contributed by atoms with E-state index >= 15 is 0 Å². The zero-order chi connectivity index (χ0) is 24.3. The van der Waals surface area contributed by atoms with E-state index in [1.807, 2.05) is 31.2 Å². The highest BCUT2D eigenvalue weighted by atomic mass is 35.5. The number of ether oxygens (including phenoxy) is 2. The van der Waals surface area contributed by atoms with Gasteiger partial charge >= 0.3 is 6.18 Å². The molecule has 10 heteroatoms. The number of hydrogen-bond acceptors (Lipinski definition) is 4. The fourth-order valence-corrected chi connectivity index (χ4v) is 4.11. The summed E-state index contributed by atoms with van der Waals surface area (Å²) in [4.78, 5) is 14.5. The Morgan fingerprint density at radius 3 is 2.47 bits per heavy atom. The van der Waals surface area contributed by atoms with Crippen molar-refractivity contribution in [1.82, 2.24) is 14.7 Å². The van der Waals surface area contributed by atoms with Gasteiger partial charge in [-0.3, -0.25) is 4.79 Å². The number of amides is 1. The summed E-state index contributed by atoms with van der Waals surface area (Å²) in [6, 6.07) is 13.2. The van der Waals surface area contributed by atoms with Crippen LogP contribution >= 0.6 is 11.6 Å². The number of halogens is 4. The van der Waals surface area contributed by atoms with Gasteiger partial charge in [-0.05, 0) is 37.3 Å². The van der Waals surface area contributed by atoms with Gasteiger partial charge in [0, 0.05) is 31.0 Å². The number of carbonyl (C=O) groups is 1. The zero-order valence-electron chi connectivity index (χ0n) is 18.4. The monoisotopic (exact) mass is 493 g/mol. The molecule has 0 radical (unpaired) electrons. The molecule has 0 saturated carbocycles. The van der Waals surface area contributed by atoms with Crippen LogP contribution in [0.25, 0.3) is 5.69 Å². The zero-order valence-corrected chi connectivity index (χ0v) is 19.1. The third-order valence-corrected chi connectivity index (χ3v) is 5.73. The van der Waals surface area contributed by atoms with E-state index in [0.29, 0.717) is 35.6 Å². The Morgan fingerprint density at radius 1 is 1.12 bits per heavy atom. The lowest BCUT2D eigenvalue weighted by Gasteiger charge is -2.32. The average Bonchev–Trinajstić information content (AvgIpc) is 3.27. The molecule has 2 heterocycles. The van der Waals surface area contributed by atoms with Gasteiger partial charge in [0.15, 0.2) is 17.2 Å². The third kappa shape index (κ3) is 5.14. The molecule has 0 unspecified atom stereocenters. The quantitative estimate of drug-likeness (QED) is 0.447. The minimum absolute atomic E-state index is 0.124. The van der Waals surface area contributed by atoms with Crippen molar-refractivity contribution >= 4 is 17.5 Å². The van der Waals surface area contributed by atoms with Gasteiger partial charge < -0.3 is 14.4 Å². The van der Waals surface area contributed by atoms with Crippen LogP contribution in [0.4, 0.5) is 13.2 Å². The van der Waals surface area contributed by atoms with Gasteiger partial charge in [0.1, 0.15) is 6.10 Å². The van der Waals surface area contributed by atoms with Gasteiger partial charge in [-0.15, -0.1) is 0 Å². The first-order valence-electron chi connectivity index (χ1n) is 10.9. The van der Waals surface area contributed by atoms with Gasteiger partial charge in [-0.25, -0.2) is 4.68 Å². The normalized spacial score (nSPS) is 14.8. The maximum Gasteiger partial charge on any atom is 0.434 e. The van der Waals surface area contributed by atoms with Crippen molar-refractivity contribution in [3.8, 4) is 17.2 Å². The summed E-state index contributed by atoms with van der Waals surface area (Å²) in [6.45, 7) is 2.90. The molecule has 0 bridgehead atoms. The van der Waals surface area contributed by atoms with Crippen LogP contribution in [-0.2, 0) is 6.18 Å². The Bertz CT molecular complexity index is 1160. The first-order valence-corrected chi connectivity index (χ1v) is 11.2. The number of alkyl halides is 3. The van der Waals surface area contributed by atoms with Crippen molar-refractivity contribution < 1.29 is 27.4 Å². The van der Waals surface area contributed by atoms with Gasteiger partial charge in [0.05, 0.1) is 24.1 Å². The molecule has 0 N–H and O–H groups in total. The lowest BCUT2D eigenvalue weighted by molar-refractivity contribution is -0.143. The van der Waals surface area contributed by atoms with E-state index in [-0.39, 0.29) is 29.9 Å². The highest BCUT2D eigenvalue weighted by Gasteiger charge is 2.42. The number of rotatable bonds is 6. The van der Waals surface area contributed by atoms with E-state index in [1.54, 1.807) is 6.07 Å². The number of aromatic nitrogens is 2. The summed E-state index contributed by atoms with van der Waals surface area (Å²) >= 11 is 5.93. The second-order valence-corrected chi connectivity index (χ2v) is 8.22. The molecule has 4 rings (SSSR count). The molecule has 34 heavy (non-hydrogen) atoms. The van der Waals surface area contributed by atoms with E-state index in [1.165, 1.54) is 23.1 Å². The molecule has 1 fully saturated rings. The molecule has 1 saturated heterocycles. The SMILES string of the molecule is CCOc1ccccc1OC1CCN(C(=O)c2cnn(-c3cccc(Cl)c3)c2C(F)(F)F)CC1. The second kappa shape index (κ2) is 9.97. The van der Waals surface area contributed by atoms with Crippen molar-refractivity contribution in [3.63, 3.8) is 0 Å². The van der Waals surface area contributed by atoms with E-state index < -0.39 is 23.3 Å². The fourth-order valence-electron chi connectivity index (χ4n) is 3.93. The number of carbonyl (C=O) groups excluding carboxylic acids is 1. The predicted molar refractivity (Wildman–Crippen MR) is 121 cm³/mol. The molecule has 0 atom stereocenters. The molecule has 3 aromatic rings. The summed E-state index contributed by atoms with van der Waals surface area (Å²) < 4.78 is 54.2. The maximum atomic E-state index is 14.0. The van der Waals surface area contributed by atoms with E-state index in [2.05, 4.69) is 5.10 Å². The molecule has 180 valence electrons. The maximum absolute atomic E-state index is 14.0. The van der Waals surface area contributed by atoms with E-state index in [0.717, 1.165) is 6.20 Å².